The van der Waals surface area contributed by atoms with Crippen LogP contribution in [0.4, 0.5) is 0 Å². The van der Waals surface area contributed by atoms with Gasteiger partial charge in [0.15, 0.2) is 8.68 Å². The molecule has 0 aliphatic heterocycles. The van der Waals surface area contributed by atoms with Crippen molar-refractivity contribution in [3.63, 3.8) is 0 Å². The molecule has 0 aromatic carbocycles. The smallest absolute Gasteiger partial charge is 0.131 e. The van der Waals surface area contributed by atoms with Crippen molar-refractivity contribution in [2.75, 3.05) is 10.4 Å². The fraction of sp³-hybridized carbons (Fsp3) is 0.500. The third-order valence-electron chi connectivity index (χ3n) is 0.744. The molecule has 1 aromatic rings. The normalized spacial score (nSPS) is 10.4. The Morgan fingerprint density at radius 3 is 1.91 bits per heavy atom. The highest BCUT2D eigenvalue weighted by Gasteiger charge is 2.02. The van der Waals surface area contributed by atoms with Crippen LogP contribution in [0.3, 0.4) is 0 Å². The summed E-state index contributed by atoms with van der Waals surface area (Å²) in [5.41, 5.74) is 0. The fourth-order valence-electron chi connectivity index (χ4n) is 0.407. The Balaban J connectivity index is 2.51. The number of aromatic nitrogens is 2. The van der Waals surface area contributed by atoms with E-state index in [-0.39, 0.29) is 0 Å². The van der Waals surface area contributed by atoms with Crippen LogP contribution in [0.2, 0.25) is 0 Å². The molecule has 0 radical (unpaired) electrons. The van der Waals surface area contributed by atoms with E-state index in [0.29, 0.717) is 10.4 Å². The second-order valence-electron chi connectivity index (χ2n) is 1.34. The lowest BCUT2D eigenvalue weighted by molar-refractivity contribution is 0.956. The first-order valence-electron chi connectivity index (χ1n) is 2.58. The van der Waals surface area contributed by atoms with Crippen molar-refractivity contribution in [1.82, 2.24) is 10.2 Å². The van der Waals surface area contributed by atoms with Gasteiger partial charge in [-0.2, -0.15) is 0 Å². The zero-order valence-corrected chi connectivity index (χ0v) is 9.25. The van der Waals surface area contributed by atoms with Gasteiger partial charge in [-0.3, -0.25) is 0 Å². The lowest BCUT2D eigenvalue weighted by Crippen LogP contribution is -1.70. The second kappa shape index (κ2) is 5.48. The van der Waals surface area contributed by atoms with E-state index < -0.39 is 0 Å². The molecular weight excluding hydrogens is 243 g/mol. The van der Waals surface area contributed by atoms with Crippen molar-refractivity contribution in [1.29, 1.82) is 0 Å². The first-order valence-corrected chi connectivity index (χ1v) is 6.43. The molecule has 0 N–H and O–H groups in total. The summed E-state index contributed by atoms with van der Waals surface area (Å²) >= 11 is 15.5. The molecule has 0 spiro atoms. The maximum Gasteiger partial charge on any atom is 0.176 e. The third kappa shape index (κ3) is 3.38. The van der Waals surface area contributed by atoms with Gasteiger partial charge in [0.25, 0.3) is 0 Å². The van der Waals surface area contributed by atoms with E-state index in [1.54, 1.807) is 0 Å². The Morgan fingerprint density at radius 2 is 1.55 bits per heavy atom. The van der Waals surface area contributed by atoms with Crippen molar-refractivity contribution in [3.8, 4) is 0 Å². The van der Waals surface area contributed by atoms with Crippen LogP contribution in [0.15, 0.2) is 8.68 Å². The predicted molar refractivity (Wildman–Crippen MR) is 53.1 cm³/mol. The summed E-state index contributed by atoms with van der Waals surface area (Å²) < 4.78 is 1.79. The summed E-state index contributed by atoms with van der Waals surface area (Å²) in [6, 6.07) is 0. The number of thioether (sulfide) groups is 2. The summed E-state index contributed by atoms with van der Waals surface area (Å²) in [6.45, 7) is 0. The van der Waals surface area contributed by atoms with E-state index in [1.807, 2.05) is 0 Å². The maximum atomic E-state index is 5.49. The van der Waals surface area contributed by atoms with Crippen LogP contribution in [0.5, 0.6) is 0 Å². The van der Waals surface area contributed by atoms with E-state index in [2.05, 4.69) is 10.2 Å². The summed E-state index contributed by atoms with van der Waals surface area (Å²) in [7, 11) is 0. The van der Waals surface area contributed by atoms with Crippen LogP contribution >= 0.6 is 58.1 Å². The van der Waals surface area contributed by atoms with Gasteiger partial charge in [-0.05, 0) is 0 Å². The molecule has 7 heteroatoms. The van der Waals surface area contributed by atoms with Crippen LogP contribution in [-0.4, -0.2) is 20.6 Å². The van der Waals surface area contributed by atoms with Crippen molar-refractivity contribution >= 4 is 58.1 Å². The SMILES string of the molecule is ClCSc1nnc(SCCl)s1. The summed E-state index contributed by atoms with van der Waals surface area (Å²) in [5.74, 6) is 0. The molecule has 0 amide bonds. The quantitative estimate of drug-likeness (QED) is 0.603. The average molecular weight is 247 g/mol. The molecule has 62 valence electrons. The molecule has 0 unspecified atom stereocenters. The van der Waals surface area contributed by atoms with E-state index >= 15 is 0 Å². The van der Waals surface area contributed by atoms with Crippen LogP contribution in [-0.2, 0) is 0 Å². The highest BCUT2D eigenvalue weighted by atomic mass is 35.5. The number of hydrogen-bond acceptors (Lipinski definition) is 5. The molecule has 0 atom stereocenters. The third-order valence-corrected chi connectivity index (χ3v) is 3.99. The zero-order chi connectivity index (χ0) is 8.10. The van der Waals surface area contributed by atoms with Crippen LogP contribution in [0.25, 0.3) is 0 Å². The van der Waals surface area contributed by atoms with E-state index in [1.165, 1.54) is 34.9 Å². The van der Waals surface area contributed by atoms with Crippen molar-refractivity contribution in [2.24, 2.45) is 0 Å². The molecule has 0 aliphatic carbocycles. The highest BCUT2D eigenvalue weighted by Crippen LogP contribution is 2.29. The zero-order valence-electron chi connectivity index (χ0n) is 5.29. The van der Waals surface area contributed by atoms with Crippen LogP contribution in [0, 0.1) is 0 Å². The second-order valence-corrected chi connectivity index (χ2v) is 5.93. The predicted octanol–water partition coefficient (Wildman–Crippen LogP) is 3.11. The number of hydrogen-bond donors (Lipinski definition) is 0. The molecule has 0 aliphatic rings. The molecule has 1 aromatic heterocycles. The van der Waals surface area contributed by atoms with Gasteiger partial charge in [0, 0.05) is 0 Å². The molecule has 11 heavy (non-hydrogen) atoms. The molecule has 0 bridgehead atoms. The Morgan fingerprint density at radius 1 is 1.09 bits per heavy atom. The van der Waals surface area contributed by atoms with E-state index in [0.717, 1.165) is 8.68 Å². The van der Waals surface area contributed by atoms with Gasteiger partial charge in [-0.25, -0.2) is 0 Å². The summed E-state index contributed by atoms with van der Waals surface area (Å²) in [4.78, 5) is 0. The monoisotopic (exact) mass is 246 g/mol. The lowest BCUT2D eigenvalue weighted by atomic mass is 11.5. The molecule has 2 nitrogen and oxygen atoms in total. The molecule has 1 heterocycles. The number of alkyl halides is 2. The highest BCUT2D eigenvalue weighted by molar-refractivity contribution is 8.04. The van der Waals surface area contributed by atoms with Gasteiger partial charge in [-0.1, -0.05) is 34.9 Å². The summed E-state index contributed by atoms with van der Waals surface area (Å²) in [5, 5.41) is 8.81. The molecule has 0 fully saturated rings. The minimum atomic E-state index is 0.514. The van der Waals surface area contributed by atoms with Gasteiger partial charge in [-0.15, -0.1) is 33.4 Å². The number of halogens is 2. The van der Waals surface area contributed by atoms with Gasteiger partial charge in [0.05, 0.1) is 10.4 Å². The molecule has 0 saturated heterocycles. The fourth-order valence-corrected chi connectivity index (χ4v) is 3.57. The van der Waals surface area contributed by atoms with Crippen LogP contribution < -0.4 is 0 Å². The number of nitrogens with zero attached hydrogens (tertiary/aromatic N) is 2. The van der Waals surface area contributed by atoms with Gasteiger partial charge in [0.2, 0.25) is 0 Å². The van der Waals surface area contributed by atoms with Gasteiger partial charge >= 0.3 is 0 Å². The Hall–Kier alpha value is 0.840. The van der Waals surface area contributed by atoms with Crippen molar-refractivity contribution in [2.45, 2.75) is 8.68 Å². The van der Waals surface area contributed by atoms with Gasteiger partial charge < -0.3 is 0 Å². The minimum absolute atomic E-state index is 0.514. The van der Waals surface area contributed by atoms with E-state index in [4.69, 9.17) is 23.2 Å². The number of rotatable bonds is 4. The Labute approximate surface area is 87.1 Å². The Kier molecular flexibility index (Phi) is 4.94. The summed E-state index contributed by atoms with van der Waals surface area (Å²) in [6.07, 6.45) is 0. The van der Waals surface area contributed by atoms with E-state index in [9.17, 15) is 0 Å². The van der Waals surface area contributed by atoms with Crippen molar-refractivity contribution < 1.29 is 0 Å². The first kappa shape index (κ1) is 9.92. The first-order chi connectivity index (χ1) is 5.36. The Bertz CT molecular complexity index is 196. The average Bonchev–Trinajstić information content (AvgIpc) is 2.38. The topological polar surface area (TPSA) is 25.8 Å². The molecule has 1 rings (SSSR count). The van der Waals surface area contributed by atoms with Crippen LogP contribution in [0.1, 0.15) is 0 Å². The minimum Gasteiger partial charge on any atom is -0.131 e. The lowest BCUT2D eigenvalue weighted by Gasteiger charge is -1.84. The van der Waals surface area contributed by atoms with Gasteiger partial charge in [0.1, 0.15) is 0 Å². The maximum absolute atomic E-state index is 5.49. The molecular formula is C4H4Cl2N2S3. The largest absolute Gasteiger partial charge is 0.176 e. The van der Waals surface area contributed by atoms with Crippen molar-refractivity contribution in [3.05, 3.63) is 0 Å². The molecule has 0 saturated carbocycles. The standard InChI is InChI=1S/C4H4Cl2N2S3/c5-1-9-3-7-8-4(11-3)10-2-6/h1-2H2.